The van der Waals surface area contributed by atoms with E-state index in [2.05, 4.69) is 11.4 Å². The zero-order chi connectivity index (χ0) is 14.7. The Morgan fingerprint density at radius 1 is 1.29 bits per heavy atom. The third-order valence-electron chi connectivity index (χ3n) is 3.54. The number of fused-ring (bicyclic) bond motifs is 1. The number of amides is 1. The third kappa shape index (κ3) is 2.99. The predicted octanol–water partition coefficient (Wildman–Crippen LogP) is 2.56. The van der Waals surface area contributed by atoms with Crippen LogP contribution in [0.1, 0.15) is 21.5 Å². The summed E-state index contributed by atoms with van der Waals surface area (Å²) < 4.78 is 10.6. The van der Waals surface area contributed by atoms with Gasteiger partial charge in [-0.1, -0.05) is 18.2 Å². The Hall–Kier alpha value is -2.49. The highest BCUT2D eigenvalue weighted by atomic mass is 16.5. The minimum Gasteiger partial charge on any atom is -0.497 e. The van der Waals surface area contributed by atoms with Crippen LogP contribution >= 0.6 is 0 Å². The average Bonchev–Trinajstić information content (AvgIpc) is 3.00. The van der Waals surface area contributed by atoms with E-state index in [1.54, 1.807) is 25.3 Å². The molecule has 1 N–H and O–H groups in total. The maximum atomic E-state index is 12.1. The summed E-state index contributed by atoms with van der Waals surface area (Å²) in [6.07, 6.45) is 0.938. The Morgan fingerprint density at radius 3 is 3.05 bits per heavy atom. The monoisotopic (exact) mass is 283 g/mol. The molecule has 1 aliphatic heterocycles. The Balaban J connectivity index is 1.65. The van der Waals surface area contributed by atoms with E-state index in [1.165, 1.54) is 5.56 Å². The van der Waals surface area contributed by atoms with E-state index >= 15 is 0 Å². The summed E-state index contributed by atoms with van der Waals surface area (Å²) >= 11 is 0. The molecule has 2 aromatic rings. The van der Waals surface area contributed by atoms with Crippen molar-refractivity contribution in [2.45, 2.75) is 13.0 Å². The fourth-order valence-corrected chi connectivity index (χ4v) is 2.40. The van der Waals surface area contributed by atoms with Gasteiger partial charge in [0.05, 0.1) is 13.7 Å². The first kappa shape index (κ1) is 13.5. The van der Waals surface area contributed by atoms with Crippen LogP contribution in [0.3, 0.4) is 0 Å². The highest BCUT2D eigenvalue weighted by Crippen LogP contribution is 2.25. The molecule has 0 bridgehead atoms. The summed E-state index contributed by atoms with van der Waals surface area (Å²) in [5.74, 6) is 1.53. The average molecular weight is 283 g/mol. The highest BCUT2D eigenvalue weighted by Gasteiger charge is 2.12. The molecule has 3 rings (SSSR count). The highest BCUT2D eigenvalue weighted by molar-refractivity contribution is 5.94. The Labute approximate surface area is 123 Å². The van der Waals surface area contributed by atoms with Gasteiger partial charge in [-0.15, -0.1) is 0 Å². The smallest absolute Gasteiger partial charge is 0.251 e. The van der Waals surface area contributed by atoms with Crippen LogP contribution in [0.5, 0.6) is 11.5 Å². The molecule has 4 nitrogen and oxygen atoms in total. The van der Waals surface area contributed by atoms with Crippen molar-refractivity contribution in [2.24, 2.45) is 0 Å². The molecule has 1 amide bonds. The topological polar surface area (TPSA) is 47.6 Å². The van der Waals surface area contributed by atoms with Gasteiger partial charge in [-0.05, 0) is 35.4 Å². The lowest BCUT2D eigenvalue weighted by atomic mass is 10.1. The summed E-state index contributed by atoms with van der Waals surface area (Å²) in [6, 6.07) is 13.2. The number of hydrogen-bond donors (Lipinski definition) is 1. The van der Waals surface area contributed by atoms with Crippen molar-refractivity contribution in [1.29, 1.82) is 0 Å². The second-order valence-corrected chi connectivity index (χ2v) is 4.96. The van der Waals surface area contributed by atoms with Gasteiger partial charge < -0.3 is 14.8 Å². The minimum absolute atomic E-state index is 0.106. The summed E-state index contributed by atoms with van der Waals surface area (Å²) in [7, 11) is 1.59. The Morgan fingerprint density at radius 2 is 2.19 bits per heavy atom. The molecule has 21 heavy (non-hydrogen) atoms. The molecule has 0 spiro atoms. The van der Waals surface area contributed by atoms with Gasteiger partial charge in [0.1, 0.15) is 11.5 Å². The maximum Gasteiger partial charge on any atom is 0.251 e. The SMILES string of the molecule is COc1cccc(C(=O)NCc2ccc3c(c2)CCO3)c1. The van der Waals surface area contributed by atoms with Gasteiger partial charge in [0.15, 0.2) is 0 Å². The summed E-state index contributed by atoms with van der Waals surface area (Å²) in [4.78, 5) is 12.1. The van der Waals surface area contributed by atoms with Gasteiger partial charge in [0.25, 0.3) is 5.91 Å². The lowest BCUT2D eigenvalue weighted by Crippen LogP contribution is -2.22. The molecule has 0 saturated carbocycles. The van der Waals surface area contributed by atoms with E-state index in [9.17, 15) is 4.79 Å². The van der Waals surface area contributed by atoms with E-state index < -0.39 is 0 Å². The Kier molecular flexibility index (Phi) is 3.77. The number of methoxy groups -OCH3 is 1. The normalized spacial score (nSPS) is 12.4. The van der Waals surface area contributed by atoms with Crippen molar-refractivity contribution < 1.29 is 14.3 Å². The van der Waals surface area contributed by atoms with E-state index in [-0.39, 0.29) is 5.91 Å². The summed E-state index contributed by atoms with van der Waals surface area (Å²) in [6.45, 7) is 1.25. The molecule has 0 atom stereocenters. The molecule has 2 aromatic carbocycles. The second kappa shape index (κ2) is 5.87. The van der Waals surface area contributed by atoms with Gasteiger partial charge in [-0.3, -0.25) is 4.79 Å². The van der Waals surface area contributed by atoms with Gasteiger partial charge >= 0.3 is 0 Å². The van der Waals surface area contributed by atoms with Crippen LogP contribution in [0.2, 0.25) is 0 Å². The molecule has 0 radical (unpaired) electrons. The van der Waals surface area contributed by atoms with Crippen LogP contribution in [-0.2, 0) is 13.0 Å². The second-order valence-electron chi connectivity index (χ2n) is 4.96. The Bertz CT molecular complexity index is 667. The molecular formula is C17H17NO3. The predicted molar refractivity (Wildman–Crippen MR) is 79.8 cm³/mol. The van der Waals surface area contributed by atoms with Crippen LogP contribution in [0.25, 0.3) is 0 Å². The number of hydrogen-bond acceptors (Lipinski definition) is 3. The molecular weight excluding hydrogens is 266 g/mol. The quantitative estimate of drug-likeness (QED) is 0.938. The number of ether oxygens (including phenoxy) is 2. The van der Waals surface area contributed by atoms with Crippen LogP contribution in [0.4, 0.5) is 0 Å². The first-order valence-electron chi connectivity index (χ1n) is 6.93. The fraction of sp³-hybridized carbons (Fsp3) is 0.235. The van der Waals surface area contributed by atoms with Crippen molar-refractivity contribution in [3.8, 4) is 11.5 Å². The summed E-state index contributed by atoms with van der Waals surface area (Å²) in [5.41, 5.74) is 2.89. The number of carbonyl (C=O) groups excluding carboxylic acids is 1. The van der Waals surface area contributed by atoms with E-state index in [4.69, 9.17) is 9.47 Å². The van der Waals surface area contributed by atoms with Gasteiger partial charge in [0, 0.05) is 18.5 Å². The van der Waals surface area contributed by atoms with E-state index in [0.717, 1.165) is 24.3 Å². The summed E-state index contributed by atoms with van der Waals surface area (Å²) in [5, 5.41) is 2.92. The number of rotatable bonds is 4. The molecule has 1 heterocycles. The molecule has 0 unspecified atom stereocenters. The first-order chi connectivity index (χ1) is 10.3. The molecule has 4 heteroatoms. The molecule has 0 fully saturated rings. The third-order valence-corrected chi connectivity index (χ3v) is 3.54. The van der Waals surface area contributed by atoms with E-state index in [1.807, 2.05) is 18.2 Å². The van der Waals surface area contributed by atoms with Crippen LogP contribution < -0.4 is 14.8 Å². The van der Waals surface area contributed by atoms with E-state index in [0.29, 0.717) is 17.9 Å². The van der Waals surface area contributed by atoms with Crippen molar-refractivity contribution in [3.05, 3.63) is 59.2 Å². The number of carbonyl (C=O) groups is 1. The fourth-order valence-electron chi connectivity index (χ4n) is 2.40. The van der Waals surface area contributed by atoms with Gasteiger partial charge in [0.2, 0.25) is 0 Å². The maximum absolute atomic E-state index is 12.1. The molecule has 0 aromatic heterocycles. The standard InChI is InChI=1S/C17H17NO3/c1-20-15-4-2-3-14(10-15)17(19)18-11-12-5-6-16-13(9-12)7-8-21-16/h2-6,9-10H,7-8,11H2,1H3,(H,18,19). The van der Waals surface area contributed by atoms with Gasteiger partial charge in [-0.25, -0.2) is 0 Å². The van der Waals surface area contributed by atoms with Crippen molar-refractivity contribution in [2.75, 3.05) is 13.7 Å². The largest absolute Gasteiger partial charge is 0.497 e. The van der Waals surface area contributed by atoms with Crippen LogP contribution in [-0.4, -0.2) is 19.6 Å². The zero-order valence-electron chi connectivity index (χ0n) is 11.9. The number of benzene rings is 2. The number of nitrogens with one attached hydrogen (secondary N) is 1. The molecule has 0 saturated heterocycles. The molecule has 108 valence electrons. The van der Waals surface area contributed by atoms with Crippen LogP contribution in [0.15, 0.2) is 42.5 Å². The lowest BCUT2D eigenvalue weighted by molar-refractivity contribution is 0.0950. The molecule has 0 aliphatic carbocycles. The van der Waals surface area contributed by atoms with Gasteiger partial charge in [-0.2, -0.15) is 0 Å². The van der Waals surface area contributed by atoms with Crippen molar-refractivity contribution >= 4 is 5.91 Å². The first-order valence-corrected chi connectivity index (χ1v) is 6.93. The lowest BCUT2D eigenvalue weighted by Gasteiger charge is -2.08. The zero-order valence-corrected chi connectivity index (χ0v) is 11.9. The van der Waals surface area contributed by atoms with Crippen LogP contribution in [0, 0.1) is 0 Å². The van der Waals surface area contributed by atoms with Crippen molar-refractivity contribution in [1.82, 2.24) is 5.32 Å². The van der Waals surface area contributed by atoms with Crippen molar-refractivity contribution in [3.63, 3.8) is 0 Å². The minimum atomic E-state index is -0.106. The molecule has 1 aliphatic rings.